The van der Waals surface area contributed by atoms with Gasteiger partial charge in [-0.1, -0.05) is 12.2 Å². The van der Waals surface area contributed by atoms with Gasteiger partial charge in [0.1, 0.15) is 0 Å². The Morgan fingerprint density at radius 3 is 3.00 bits per heavy atom. The molecule has 1 aliphatic heterocycles. The van der Waals surface area contributed by atoms with E-state index in [1.807, 2.05) is 11.9 Å². The number of hydrogen-bond acceptors (Lipinski definition) is 1. The van der Waals surface area contributed by atoms with Crippen LogP contribution in [0.25, 0.3) is 0 Å². The number of amides is 1. The Morgan fingerprint density at radius 1 is 1.36 bits per heavy atom. The zero-order valence-electron chi connectivity index (χ0n) is 8.49. The van der Waals surface area contributed by atoms with Gasteiger partial charge in [0.15, 0.2) is 0 Å². The topological polar surface area (TPSA) is 20.3 Å². The van der Waals surface area contributed by atoms with Gasteiger partial charge >= 0.3 is 0 Å². The first-order valence-corrected chi connectivity index (χ1v) is 5.44. The number of carbonyl (C=O) groups is 1. The molecule has 1 saturated heterocycles. The molecule has 1 heterocycles. The van der Waals surface area contributed by atoms with E-state index in [1.165, 1.54) is 17.7 Å². The van der Waals surface area contributed by atoms with Crippen LogP contribution in [0.1, 0.15) is 25.7 Å². The van der Waals surface area contributed by atoms with Crippen molar-refractivity contribution in [2.45, 2.75) is 25.7 Å². The molecule has 2 fully saturated rings. The lowest BCUT2D eigenvalue weighted by molar-refractivity contribution is -0.128. The van der Waals surface area contributed by atoms with E-state index in [-0.39, 0.29) is 0 Å². The zero-order chi connectivity index (χ0) is 9.71. The summed E-state index contributed by atoms with van der Waals surface area (Å²) in [4.78, 5) is 13.6. The quantitative estimate of drug-likeness (QED) is 0.571. The average molecular weight is 189 g/mol. The molecule has 3 aliphatic rings. The minimum atomic E-state index is 0.300. The summed E-state index contributed by atoms with van der Waals surface area (Å²) in [5.41, 5.74) is 2.65. The predicted molar refractivity (Wildman–Crippen MR) is 54.4 cm³/mol. The number of fused-ring (bicyclic) bond motifs is 3. The maximum absolute atomic E-state index is 11.8. The average Bonchev–Trinajstić information content (AvgIpc) is 2.95. The van der Waals surface area contributed by atoms with E-state index < -0.39 is 0 Å². The smallest absolute Gasteiger partial charge is 0.227 e. The number of nitrogens with zero attached hydrogens (tertiary/aromatic N) is 1. The molecule has 0 aromatic heterocycles. The molecule has 2 atom stereocenters. The Kier molecular flexibility index (Phi) is 1.61. The normalized spacial score (nSPS) is 35.2. The van der Waals surface area contributed by atoms with Crippen LogP contribution < -0.4 is 0 Å². The van der Waals surface area contributed by atoms with Crippen molar-refractivity contribution in [1.29, 1.82) is 0 Å². The van der Waals surface area contributed by atoms with Gasteiger partial charge in [0.25, 0.3) is 0 Å². The maximum Gasteiger partial charge on any atom is 0.227 e. The summed E-state index contributed by atoms with van der Waals surface area (Å²) >= 11 is 0. The molecule has 0 radical (unpaired) electrons. The lowest BCUT2D eigenvalue weighted by atomic mass is 9.98. The van der Waals surface area contributed by atoms with E-state index in [1.54, 1.807) is 0 Å². The third kappa shape index (κ3) is 1.06. The van der Waals surface area contributed by atoms with Crippen LogP contribution in [-0.2, 0) is 4.79 Å². The van der Waals surface area contributed by atoms with E-state index in [2.05, 4.69) is 12.2 Å². The number of hydrogen-bond donors (Lipinski definition) is 0. The van der Waals surface area contributed by atoms with Crippen LogP contribution in [-0.4, -0.2) is 17.9 Å². The molecule has 2 aliphatic carbocycles. The molecule has 74 valence electrons. The molecule has 3 rings (SSSR count). The molecule has 0 bridgehead atoms. The molecular weight excluding hydrogens is 174 g/mol. The van der Waals surface area contributed by atoms with Crippen molar-refractivity contribution < 1.29 is 4.79 Å². The van der Waals surface area contributed by atoms with E-state index in [0.29, 0.717) is 17.7 Å². The Hall–Kier alpha value is -1.05. The minimum absolute atomic E-state index is 0.300. The second kappa shape index (κ2) is 2.72. The highest BCUT2D eigenvalue weighted by Crippen LogP contribution is 2.52. The molecule has 2 nitrogen and oxygen atoms in total. The third-order valence-electron chi connectivity index (χ3n) is 3.66. The SMILES string of the molecule is CN1C(=O)C[C@@H]2C[C@@H]2C2=CCCC=C21. The summed E-state index contributed by atoms with van der Waals surface area (Å²) in [5.74, 6) is 1.66. The second-order valence-electron chi connectivity index (χ2n) is 4.59. The van der Waals surface area contributed by atoms with Crippen LogP contribution in [0.15, 0.2) is 23.4 Å². The summed E-state index contributed by atoms with van der Waals surface area (Å²) in [6.45, 7) is 0. The minimum Gasteiger partial charge on any atom is -0.316 e. The van der Waals surface area contributed by atoms with Crippen molar-refractivity contribution in [3.63, 3.8) is 0 Å². The number of likely N-dealkylation sites (tertiary alicyclic amines) is 1. The van der Waals surface area contributed by atoms with Gasteiger partial charge < -0.3 is 4.90 Å². The molecular formula is C12H15NO. The predicted octanol–water partition coefficient (Wildman–Crippen LogP) is 2.09. The Morgan fingerprint density at radius 2 is 2.14 bits per heavy atom. The van der Waals surface area contributed by atoms with Gasteiger partial charge in [-0.05, 0) is 36.7 Å². The summed E-state index contributed by atoms with van der Waals surface area (Å²) in [6, 6.07) is 0. The number of allylic oxidation sites excluding steroid dienone is 3. The van der Waals surface area contributed by atoms with Gasteiger partial charge in [-0.3, -0.25) is 4.79 Å². The van der Waals surface area contributed by atoms with Crippen LogP contribution in [0, 0.1) is 11.8 Å². The van der Waals surface area contributed by atoms with Gasteiger partial charge in [0, 0.05) is 19.2 Å². The fourth-order valence-corrected chi connectivity index (χ4v) is 2.70. The Bertz CT molecular complexity index is 353. The standard InChI is InChI=1S/C12H15NO/c1-13-11-5-3-2-4-9(11)10-6-8(10)7-12(13)14/h4-5,8,10H,2-3,6-7H2,1H3/t8-,10-/m0/s1. The van der Waals surface area contributed by atoms with Crippen LogP contribution in [0.3, 0.4) is 0 Å². The molecule has 2 heteroatoms. The monoisotopic (exact) mass is 189 g/mol. The molecule has 1 amide bonds. The molecule has 1 saturated carbocycles. The van der Waals surface area contributed by atoms with Crippen LogP contribution in [0.4, 0.5) is 0 Å². The molecule has 0 unspecified atom stereocenters. The maximum atomic E-state index is 11.8. The highest BCUT2D eigenvalue weighted by molar-refractivity contribution is 5.81. The van der Waals surface area contributed by atoms with Crippen molar-refractivity contribution in [1.82, 2.24) is 4.90 Å². The van der Waals surface area contributed by atoms with Crippen molar-refractivity contribution in [3.05, 3.63) is 23.4 Å². The molecule has 0 N–H and O–H groups in total. The number of rotatable bonds is 0. The van der Waals surface area contributed by atoms with Gasteiger partial charge in [0.2, 0.25) is 5.91 Å². The van der Waals surface area contributed by atoms with Gasteiger partial charge in [-0.2, -0.15) is 0 Å². The fourth-order valence-electron chi connectivity index (χ4n) is 2.70. The zero-order valence-corrected chi connectivity index (χ0v) is 8.49. The van der Waals surface area contributed by atoms with Crippen LogP contribution >= 0.6 is 0 Å². The van der Waals surface area contributed by atoms with E-state index in [0.717, 1.165) is 19.3 Å². The first-order valence-electron chi connectivity index (χ1n) is 5.44. The van der Waals surface area contributed by atoms with E-state index in [4.69, 9.17) is 0 Å². The Labute approximate surface area is 84.3 Å². The highest BCUT2D eigenvalue weighted by atomic mass is 16.2. The second-order valence-corrected chi connectivity index (χ2v) is 4.59. The summed E-state index contributed by atoms with van der Waals surface area (Å²) < 4.78 is 0. The number of likely N-dealkylation sites (N-methyl/N-ethyl adjacent to an activating group) is 1. The lowest BCUT2D eigenvalue weighted by Gasteiger charge is -2.23. The Balaban J connectivity index is 2.03. The summed E-state index contributed by atoms with van der Waals surface area (Å²) in [7, 11) is 1.91. The van der Waals surface area contributed by atoms with Crippen molar-refractivity contribution in [2.75, 3.05) is 7.05 Å². The van der Waals surface area contributed by atoms with E-state index >= 15 is 0 Å². The summed E-state index contributed by atoms with van der Waals surface area (Å²) in [6.07, 6.45) is 8.82. The summed E-state index contributed by atoms with van der Waals surface area (Å²) in [5, 5.41) is 0. The van der Waals surface area contributed by atoms with Crippen molar-refractivity contribution in [2.24, 2.45) is 11.8 Å². The van der Waals surface area contributed by atoms with Crippen LogP contribution in [0.5, 0.6) is 0 Å². The number of carbonyl (C=O) groups excluding carboxylic acids is 1. The van der Waals surface area contributed by atoms with Crippen LogP contribution in [0.2, 0.25) is 0 Å². The highest BCUT2D eigenvalue weighted by Gasteiger charge is 2.46. The molecule has 0 aromatic carbocycles. The van der Waals surface area contributed by atoms with E-state index in [9.17, 15) is 4.79 Å². The lowest BCUT2D eigenvalue weighted by Crippen LogP contribution is -2.26. The first-order chi connectivity index (χ1) is 6.77. The van der Waals surface area contributed by atoms with Crippen molar-refractivity contribution in [3.8, 4) is 0 Å². The van der Waals surface area contributed by atoms with Gasteiger partial charge in [0.05, 0.1) is 0 Å². The fraction of sp³-hybridized carbons (Fsp3) is 0.583. The molecule has 14 heavy (non-hydrogen) atoms. The largest absolute Gasteiger partial charge is 0.316 e. The van der Waals surface area contributed by atoms with Crippen molar-refractivity contribution >= 4 is 5.91 Å². The molecule has 0 aromatic rings. The third-order valence-corrected chi connectivity index (χ3v) is 3.66. The van der Waals surface area contributed by atoms with Gasteiger partial charge in [-0.15, -0.1) is 0 Å². The first kappa shape index (κ1) is 8.27. The molecule has 0 spiro atoms. The van der Waals surface area contributed by atoms with Gasteiger partial charge in [-0.25, -0.2) is 0 Å².